The molecule has 0 saturated carbocycles. The fraction of sp³-hybridized carbons (Fsp3) is 0.200. The van der Waals surface area contributed by atoms with Crippen LogP contribution in [0, 0.1) is 5.82 Å². The average molecular weight is 288 g/mol. The van der Waals surface area contributed by atoms with Gasteiger partial charge in [-0.1, -0.05) is 11.2 Å². The molecule has 0 unspecified atom stereocenters. The van der Waals surface area contributed by atoms with Gasteiger partial charge in [-0.05, 0) is 42.3 Å². The van der Waals surface area contributed by atoms with Gasteiger partial charge in [-0.15, -0.1) is 0 Å². The molecule has 2 aromatic rings. The molecule has 21 heavy (non-hydrogen) atoms. The van der Waals surface area contributed by atoms with Crippen LogP contribution in [-0.2, 0) is 6.54 Å². The van der Waals surface area contributed by atoms with Gasteiger partial charge in [0.25, 0.3) is 0 Å². The van der Waals surface area contributed by atoms with Gasteiger partial charge in [0.1, 0.15) is 5.82 Å². The number of nitrogens with two attached hydrogens (primary N) is 1. The third-order valence-electron chi connectivity index (χ3n) is 3.16. The van der Waals surface area contributed by atoms with Crippen molar-refractivity contribution >= 4 is 5.84 Å². The van der Waals surface area contributed by atoms with Crippen molar-refractivity contribution in [3.8, 4) is 0 Å². The predicted octanol–water partition coefficient (Wildman–Crippen LogP) is 2.17. The molecule has 0 saturated heterocycles. The molecule has 0 aliphatic heterocycles. The van der Waals surface area contributed by atoms with Gasteiger partial charge in [-0.25, -0.2) is 4.39 Å². The highest BCUT2D eigenvalue weighted by atomic mass is 19.1. The van der Waals surface area contributed by atoms with Crippen LogP contribution in [0.25, 0.3) is 0 Å². The van der Waals surface area contributed by atoms with Crippen LogP contribution in [0.15, 0.2) is 47.9 Å². The lowest BCUT2D eigenvalue weighted by molar-refractivity contribution is 0.318. The Morgan fingerprint density at radius 3 is 2.95 bits per heavy atom. The van der Waals surface area contributed by atoms with Gasteiger partial charge in [0, 0.05) is 30.5 Å². The first-order chi connectivity index (χ1) is 10.1. The number of hydrogen-bond acceptors (Lipinski definition) is 4. The van der Waals surface area contributed by atoms with E-state index in [9.17, 15) is 4.39 Å². The molecule has 4 N–H and O–H groups in total. The number of nitrogens with one attached hydrogen (secondary N) is 1. The third-order valence-corrected chi connectivity index (χ3v) is 3.16. The van der Waals surface area contributed by atoms with E-state index in [-0.39, 0.29) is 11.9 Å². The van der Waals surface area contributed by atoms with Crippen LogP contribution in [0.4, 0.5) is 4.39 Å². The zero-order valence-electron chi connectivity index (χ0n) is 11.6. The molecule has 0 aliphatic rings. The fourth-order valence-electron chi connectivity index (χ4n) is 1.98. The van der Waals surface area contributed by atoms with Gasteiger partial charge >= 0.3 is 0 Å². The van der Waals surface area contributed by atoms with E-state index in [1.54, 1.807) is 18.5 Å². The van der Waals surface area contributed by atoms with Crippen molar-refractivity contribution in [1.29, 1.82) is 0 Å². The van der Waals surface area contributed by atoms with E-state index in [2.05, 4.69) is 15.5 Å². The molecule has 1 atom stereocenters. The minimum atomic E-state index is -0.426. The first kappa shape index (κ1) is 14.9. The van der Waals surface area contributed by atoms with Crippen LogP contribution in [0.3, 0.4) is 0 Å². The quantitative estimate of drug-likeness (QED) is 0.341. The smallest absolute Gasteiger partial charge is 0.170 e. The maximum Gasteiger partial charge on any atom is 0.170 e. The van der Waals surface area contributed by atoms with Gasteiger partial charge in [-0.3, -0.25) is 4.98 Å². The number of benzene rings is 1. The lowest BCUT2D eigenvalue weighted by atomic mass is 10.1. The van der Waals surface area contributed by atoms with E-state index < -0.39 is 5.82 Å². The molecule has 0 fully saturated rings. The van der Waals surface area contributed by atoms with Crippen molar-refractivity contribution in [2.75, 3.05) is 0 Å². The SMILES string of the molecule is C[C@H](NCc1cc(F)cc(/C(N)=N/O)c1)c1cccnc1. The lowest BCUT2D eigenvalue weighted by Gasteiger charge is -2.14. The Morgan fingerprint density at radius 2 is 2.29 bits per heavy atom. The predicted molar refractivity (Wildman–Crippen MR) is 78.4 cm³/mol. The summed E-state index contributed by atoms with van der Waals surface area (Å²) in [6, 6.07) is 8.24. The molecule has 0 spiro atoms. The molecular formula is C15H17FN4O. The van der Waals surface area contributed by atoms with E-state index in [0.717, 1.165) is 5.56 Å². The Labute approximate surface area is 122 Å². The zero-order chi connectivity index (χ0) is 15.2. The average Bonchev–Trinajstić information content (AvgIpc) is 2.52. The normalized spacial score (nSPS) is 13.1. The van der Waals surface area contributed by atoms with Crippen molar-refractivity contribution in [2.24, 2.45) is 10.9 Å². The second-order valence-electron chi connectivity index (χ2n) is 4.72. The highest BCUT2D eigenvalue weighted by Crippen LogP contribution is 2.13. The Hall–Kier alpha value is -2.47. The Morgan fingerprint density at radius 1 is 1.48 bits per heavy atom. The Kier molecular flexibility index (Phi) is 4.84. The summed E-state index contributed by atoms with van der Waals surface area (Å²) in [7, 11) is 0. The number of aromatic nitrogens is 1. The Bertz CT molecular complexity index is 631. The zero-order valence-corrected chi connectivity index (χ0v) is 11.6. The van der Waals surface area contributed by atoms with Crippen molar-refractivity contribution in [3.05, 3.63) is 65.2 Å². The molecule has 1 aromatic heterocycles. The van der Waals surface area contributed by atoms with Gasteiger partial charge < -0.3 is 16.3 Å². The summed E-state index contributed by atoms with van der Waals surface area (Å²) in [5.41, 5.74) is 7.60. The molecule has 0 radical (unpaired) electrons. The van der Waals surface area contributed by atoms with Crippen molar-refractivity contribution < 1.29 is 9.60 Å². The molecule has 5 nitrogen and oxygen atoms in total. The lowest BCUT2D eigenvalue weighted by Crippen LogP contribution is -2.19. The molecule has 2 rings (SSSR count). The summed E-state index contributed by atoms with van der Waals surface area (Å²) in [6.45, 7) is 2.46. The summed E-state index contributed by atoms with van der Waals surface area (Å²) >= 11 is 0. The number of halogens is 1. The second kappa shape index (κ2) is 6.81. The first-order valence-corrected chi connectivity index (χ1v) is 6.51. The fourth-order valence-corrected chi connectivity index (χ4v) is 1.98. The number of hydrogen-bond donors (Lipinski definition) is 3. The molecule has 1 heterocycles. The summed E-state index contributed by atoms with van der Waals surface area (Å²) in [5, 5.41) is 14.8. The van der Waals surface area contributed by atoms with Crippen LogP contribution in [-0.4, -0.2) is 16.0 Å². The van der Waals surface area contributed by atoms with Gasteiger partial charge in [0.05, 0.1) is 0 Å². The molecule has 0 amide bonds. The molecule has 6 heteroatoms. The van der Waals surface area contributed by atoms with E-state index in [0.29, 0.717) is 17.7 Å². The van der Waals surface area contributed by atoms with Crippen molar-refractivity contribution in [2.45, 2.75) is 19.5 Å². The topological polar surface area (TPSA) is 83.5 Å². The standard InChI is InChI=1S/C15H17FN4O/c1-10(12-3-2-4-18-9-12)19-8-11-5-13(15(17)20-21)7-14(16)6-11/h2-7,9-10,19,21H,8H2,1H3,(H2,17,20)/t10-/m0/s1. The van der Waals surface area contributed by atoms with E-state index in [1.165, 1.54) is 12.1 Å². The molecule has 1 aromatic carbocycles. The monoisotopic (exact) mass is 288 g/mol. The van der Waals surface area contributed by atoms with Gasteiger partial charge in [0.15, 0.2) is 5.84 Å². The van der Waals surface area contributed by atoms with Gasteiger partial charge in [0.2, 0.25) is 0 Å². The van der Waals surface area contributed by atoms with E-state index in [4.69, 9.17) is 10.9 Å². The number of amidine groups is 1. The minimum absolute atomic E-state index is 0.0780. The molecule has 0 aliphatic carbocycles. The Balaban J connectivity index is 2.08. The third kappa shape index (κ3) is 4.00. The van der Waals surface area contributed by atoms with E-state index >= 15 is 0 Å². The summed E-state index contributed by atoms with van der Waals surface area (Å²) in [4.78, 5) is 4.06. The summed E-state index contributed by atoms with van der Waals surface area (Å²) < 4.78 is 13.5. The highest BCUT2D eigenvalue weighted by molar-refractivity contribution is 5.97. The van der Waals surface area contributed by atoms with Crippen LogP contribution in [0.2, 0.25) is 0 Å². The van der Waals surface area contributed by atoms with Crippen LogP contribution in [0.1, 0.15) is 29.7 Å². The van der Waals surface area contributed by atoms with E-state index in [1.807, 2.05) is 19.1 Å². The number of nitrogens with zero attached hydrogens (tertiary/aromatic N) is 2. The highest BCUT2D eigenvalue weighted by Gasteiger charge is 2.08. The molecule has 110 valence electrons. The first-order valence-electron chi connectivity index (χ1n) is 6.51. The van der Waals surface area contributed by atoms with Gasteiger partial charge in [-0.2, -0.15) is 0 Å². The number of pyridine rings is 1. The maximum atomic E-state index is 13.5. The number of rotatable bonds is 5. The second-order valence-corrected chi connectivity index (χ2v) is 4.72. The minimum Gasteiger partial charge on any atom is -0.409 e. The summed E-state index contributed by atoms with van der Waals surface area (Å²) in [6.07, 6.45) is 3.50. The summed E-state index contributed by atoms with van der Waals surface area (Å²) in [5.74, 6) is -0.541. The molecule has 0 bridgehead atoms. The van der Waals surface area contributed by atoms with Crippen LogP contribution >= 0.6 is 0 Å². The number of oxime groups is 1. The largest absolute Gasteiger partial charge is 0.409 e. The van der Waals surface area contributed by atoms with Crippen molar-refractivity contribution in [3.63, 3.8) is 0 Å². The van der Waals surface area contributed by atoms with Crippen LogP contribution < -0.4 is 11.1 Å². The van der Waals surface area contributed by atoms with Crippen LogP contribution in [0.5, 0.6) is 0 Å². The van der Waals surface area contributed by atoms with Crippen molar-refractivity contribution in [1.82, 2.24) is 10.3 Å². The molecular weight excluding hydrogens is 271 g/mol. The maximum absolute atomic E-state index is 13.5.